The zero-order valence-electron chi connectivity index (χ0n) is 9.34. The van der Waals surface area contributed by atoms with Gasteiger partial charge >= 0.3 is 0 Å². The van der Waals surface area contributed by atoms with Gasteiger partial charge < -0.3 is 10.3 Å². The molecule has 3 heterocycles. The second-order valence-corrected chi connectivity index (χ2v) is 4.21. The number of imidazole rings is 1. The third-order valence-corrected chi connectivity index (χ3v) is 3.13. The summed E-state index contributed by atoms with van der Waals surface area (Å²) in [6.07, 6.45) is 1.40. The minimum atomic E-state index is -0.215. The van der Waals surface area contributed by atoms with Crippen molar-refractivity contribution in [2.24, 2.45) is 0 Å². The molecule has 2 aromatic heterocycles. The molecule has 0 unspecified atom stereocenters. The molecular weight excluding hydrogens is 230 g/mol. The van der Waals surface area contributed by atoms with Gasteiger partial charge in [0.2, 0.25) is 5.95 Å². The summed E-state index contributed by atoms with van der Waals surface area (Å²) in [5, 5.41) is 3.22. The molecule has 6 heteroatoms. The third kappa shape index (κ3) is 1.14. The second-order valence-electron chi connectivity index (χ2n) is 4.21. The van der Waals surface area contributed by atoms with Crippen molar-refractivity contribution in [1.29, 1.82) is 0 Å². The van der Waals surface area contributed by atoms with Gasteiger partial charge in [0.15, 0.2) is 11.2 Å². The van der Waals surface area contributed by atoms with E-state index in [1.807, 2.05) is 28.8 Å². The van der Waals surface area contributed by atoms with Crippen molar-refractivity contribution in [3.05, 3.63) is 46.5 Å². The number of para-hydroxylation sites is 1. The molecule has 0 atom stereocenters. The predicted molar refractivity (Wildman–Crippen MR) is 67.0 cm³/mol. The first-order chi connectivity index (χ1) is 8.83. The highest BCUT2D eigenvalue weighted by Gasteiger charge is 2.20. The van der Waals surface area contributed by atoms with E-state index in [9.17, 15) is 4.79 Å². The predicted octanol–water partition coefficient (Wildman–Crippen LogP) is 1.22. The highest BCUT2D eigenvalue weighted by molar-refractivity contribution is 5.77. The molecule has 4 rings (SSSR count). The molecule has 1 aromatic carbocycles. The maximum atomic E-state index is 11.7. The number of benzene rings is 1. The lowest BCUT2D eigenvalue weighted by Gasteiger charge is -2.19. The number of fused-ring (bicyclic) bond motifs is 4. The Hall–Kier alpha value is -2.63. The fourth-order valence-corrected chi connectivity index (χ4v) is 2.26. The first kappa shape index (κ1) is 9.41. The molecule has 0 spiro atoms. The van der Waals surface area contributed by atoms with Crippen LogP contribution >= 0.6 is 0 Å². The zero-order valence-corrected chi connectivity index (χ0v) is 9.34. The topological polar surface area (TPSA) is 75.6 Å². The zero-order chi connectivity index (χ0) is 12.1. The monoisotopic (exact) mass is 239 g/mol. The van der Waals surface area contributed by atoms with Gasteiger partial charge in [-0.05, 0) is 11.6 Å². The van der Waals surface area contributed by atoms with E-state index in [-0.39, 0.29) is 5.56 Å². The van der Waals surface area contributed by atoms with Gasteiger partial charge in [-0.3, -0.25) is 9.36 Å². The van der Waals surface area contributed by atoms with Crippen LogP contribution in [0.4, 0.5) is 11.6 Å². The van der Waals surface area contributed by atoms with Crippen LogP contribution in [-0.2, 0) is 6.54 Å². The average Bonchev–Trinajstić information content (AvgIpc) is 2.76. The Bertz CT molecular complexity index is 817. The van der Waals surface area contributed by atoms with Gasteiger partial charge in [0.25, 0.3) is 5.56 Å². The molecule has 0 saturated carbocycles. The molecule has 0 amide bonds. The number of H-pyrrole nitrogens is 1. The van der Waals surface area contributed by atoms with Gasteiger partial charge in [0.05, 0.1) is 12.9 Å². The van der Waals surface area contributed by atoms with Crippen LogP contribution in [0.2, 0.25) is 0 Å². The molecule has 1 aliphatic rings. The van der Waals surface area contributed by atoms with Crippen molar-refractivity contribution in [2.45, 2.75) is 6.54 Å². The maximum Gasteiger partial charge on any atom is 0.278 e. The van der Waals surface area contributed by atoms with E-state index in [1.54, 1.807) is 0 Å². The molecule has 18 heavy (non-hydrogen) atoms. The van der Waals surface area contributed by atoms with E-state index in [0.29, 0.717) is 23.7 Å². The first-order valence-electron chi connectivity index (χ1n) is 5.62. The fraction of sp³-hybridized carbons (Fsp3) is 0.0833. The van der Waals surface area contributed by atoms with Crippen LogP contribution < -0.4 is 10.9 Å². The number of nitrogens with one attached hydrogen (secondary N) is 2. The molecule has 0 aliphatic carbocycles. The van der Waals surface area contributed by atoms with E-state index in [4.69, 9.17) is 0 Å². The second kappa shape index (κ2) is 3.19. The fourth-order valence-electron chi connectivity index (χ4n) is 2.26. The number of anilines is 2. The van der Waals surface area contributed by atoms with Crippen LogP contribution in [0.15, 0.2) is 35.4 Å². The van der Waals surface area contributed by atoms with E-state index < -0.39 is 0 Å². The summed E-state index contributed by atoms with van der Waals surface area (Å²) in [5.41, 5.74) is 2.94. The molecule has 6 nitrogen and oxygen atoms in total. The van der Waals surface area contributed by atoms with Crippen LogP contribution in [0, 0.1) is 0 Å². The van der Waals surface area contributed by atoms with Crippen LogP contribution in [0.3, 0.4) is 0 Å². The summed E-state index contributed by atoms with van der Waals surface area (Å²) in [7, 11) is 0. The van der Waals surface area contributed by atoms with Gasteiger partial charge in [0.1, 0.15) is 0 Å². The number of hydrogen-bond acceptors (Lipinski definition) is 4. The first-order valence-corrected chi connectivity index (χ1v) is 5.62. The Kier molecular flexibility index (Phi) is 1.67. The molecule has 0 saturated heterocycles. The minimum Gasteiger partial charge on any atom is -0.325 e. The molecular formula is C12H9N5O. The Morgan fingerprint density at radius 2 is 2.17 bits per heavy atom. The number of nitrogens with zero attached hydrogens (tertiary/aromatic N) is 3. The number of aromatic nitrogens is 4. The molecule has 1 aliphatic heterocycles. The molecule has 0 bridgehead atoms. The average molecular weight is 239 g/mol. The van der Waals surface area contributed by atoms with Crippen molar-refractivity contribution in [3.8, 4) is 0 Å². The Morgan fingerprint density at radius 3 is 3.11 bits per heavy atom. The quantitative estimate of drug-likeness (QED) is 0.484. The smallest absolute Gasteiger partial charge is 0.278 e. The highest BCUT2D eigenvalue weighted by Crippen LogP contribution is 2.29. The van der Waals surface area contributed by atoms with Gasteiger partial charge in [0, 0.05) is 5.69 Å². The summed E-state index contributed by atoms with van der Waals surface area (Å²) in [4.78, 5) is 22.7. The molecule has 0 fully saturated rings. The maximum absolute atomic E-state index is 11.7. The van der Waals surface area contributed by atoms with Gasteiger partial charge in [-0.1, -0.05) is 18.2 Å². The van der Waals surface area contributed by atoms with Crippen LogP contribution in [0.25, 0.3) is 11.2 Å². The van der Waals surface area contributed by atoms with Crippen molar-refractivity contribution in [3.63, 3.8) is 0 Å². The van der Waals surface area contributed by atoms with Crippen LogP contribution in [0.1, 0.15) is 5.56 Å². The highest BCUT2D eigenvalue weighted by atomic mass is 16.1. The van der Waals surface area contributed by atoms with E-state index in [2.05, 4.69) is 20.3 Å². The summed E-state index contributed by atoms with van der Waals surface area (Å²) < 4.78 is 1.91. The van der Waals surface area contributed by atoms with E-state index in [0.717, 1.165) is 11.3 Å². The van der Waals surface area contributed by atoms with Crippen molar-refractivity contribution < 1.29 is 0 Å². The van der Waals surface area contributed by atoms with E-state index >= 15 is 0 Å². The van der Waals surface area contributed by atoms with Crippen LogP contribution in [-0.4, -0.2) is 19.5 Å². The summed E-state index contributed by atoms with van der Waals surface area (Å²) >= 11 is 0. The van der Waals surface area contributed by atoms with Gasteiger partial charge in [-0.15, -0.1) is 0 Å². The van der Waals surface area contributed by atoms with Crippen molar-refractivity contribution in [1.82, 2.24) is 19.5 Å². The Labute approximate surface area is 101 Å². The molecule has 3 aromatic rings. The van der Waals surface area contributed by atoms with Gasteiger partial charge in [-0.2, -0.15) is 0 Å². The number of aromatic amines is 1. The van der Waals surface area contributed by atoms with Crippen LogP contribution in [0.5, 0.6) is 0 Å². The summed E-state index contributed by atoms with van der Waals surface area (Å²) in [6.45, 7) is 0.672. The standard InChI is InChI=1S/C12H9N5O/c18-11-9-10(13-6-14-11)17-5-7-3-1-2-4-8(7)15-12(17)16-9/h1-4,6H,5H2,(H,15,16)(H,13,14,18). The lowest BCUT2D eigenvalue weighted by atomic mass is 10.1. The third-order valence-electron chi connectivity index (χ3n) is 3.13. The summed E-state index contributed by atoms with van der Waals surface area (Å²) in [5.74, 6) is 0.660. The van der Waals surface area contributed by atoms with Gasteiger partial charge in [-0.25, -0.2) is 9.97 Å². The Balaban J connectivity index is 2.01. The lowest BCUT2D eigenvalue weighted by Crippen LogP contribution is -2.13. The SMILES string of the molecule is O=c1[nH]cnc2c1nc1n2Cc2ccccc2N1. The van der Waals surface area contributed by atoms with E-state index in [1.165, 1.54) is 6.33 Å². The molecule has 0 radical (unpaired) electrons. The lowest BCUT2D eigenvalue weighted by molar-refractivity contribution is 0.806. The largest absolute Gasteiger partial charge is 0.325 e. The minimum absolute atomic E-state index is 0.215. The number of hydrogen-bond donors (Lipinski definition) is 2. The summed E-state index contributed by atoms with van der Waals surface area (Å²) in [6, 6.07) is 8.00. The normalized spacial score (nSPS) is 12.9. The molecule has 2 N–H and O–H groups in total. The molecule has 88 valence electrons. The van der Waals surface area contributed by atoms with Crippen molar-refractivity contribution in [2.75, 3.05) is 5.32 Å². The Morgan fingerprint density at radius 1 is 1.28 bits per heavy atom. The number of rotatable bonds is 0. The van der Waals surface area contributed by atoms with Crippen molar-refractivity contribution >= 4 is 22.8 Å².